The molecule has 4 rings (SSSR count). The molecule has 0 saturated carbocycles. The molecule has 0 aliphatic carbocycles. The standard InChI is InChI=1S/C25H23N3O5S/c1-5-12-33-19-10-7-17(14-21(19)32-4)15-22-24(29)28-25(34-22)26-23(27-28)11-8-16-6-9-18(30-2)20(13-16)31-3/h5-11,13-15H,1,12H2,2-4H3/b11-8+,22-15-. The lowest BCUT2D eigenvalue weighted by Gasteiger charge is -2.09. The third-order valence-electron chi connectivity index (χ3n) is 4.87. The maximum Gasteiger partial charge on any atom is 0.291 e. The summed E-state index contributed by atoms with van der Waals surface area (Å²) in [6.07, 6.45) is 7.04. The molecule has 0 radical (unpaired) electrons. The third-order valence-corrected chi connectivity index (χ3v) is 5.83. The highest BCUT2D eigenvalue weighted by atomic mass is 32.1. The number of thiazole rings is 1. The van der Waals surface area contributed by atoms with E-state index in [9.17, 15) is 4.79 Å². The van der Waals surface area contributed by atoms with Gasteiger partial charge in [0.25, 0.3) is 5.56 Å². The predicted octanol–water partition coefficient (Wildman–Crippen LogP) is 3.46. The maximum atomic E-state index is 12.9. The SMILES string of the molecule is C=CCOc1ccc(/C=c2\sc3nc(/C=C/c4ccc(OC)c(OC)c4)nn3c2=O)cc1OC. The van der Waals surface area contributed by atoms with Crippen molar-refractivity contribution in [1.29, 1.82) is 0 Å². The van der Waals surface area contributed by atoms with E-state index < -0.39 is 0 Å². The van der Waals surface area contributed by atoms with E-state index in [-0.39, 0.29) is 5.56 Å². The molecular formula is C25H23N3O5S. The summed E-state index contributed by atoms with van der Waals surface area (Å²) < 4.78 is 23.4. The van der Waals surface area contributed by atoms with E-state index in [1.165, 1.54) is 15.9 Å². The monoisotopic (exact) mass is 477 g/mol. The first kappa shape index (κ1) is 23.1. The molecule has 0 unspecified atom stereocenters. The van der Waals surface area contributed by atoms with Gasteiger partial charge in [-0.1, -0.05) is 42.2 Å². The van der Waals surface area contributed by atoms with Crippen LogP contribution in [-0.4, -0.2) is 42.5 Å². The summed E-state index contributed by atoms with van der Waals surface area (Å²) in [7, 11) is 4.74. The normalized spacial score (nSPS) is 11.8. The molecule has 0 amide bonds. The number of rotatable bonds is 9. The Labute approximate surface area is 200 Å². The molecule has 2 heterocycles. The molecule has 0 saturated heterocycles. The first-order valence-electron chi connectivity index (χ1n) is 10.3. The van der Waals surface area contributed by atoms with E-state index in [1.54, 1.807) is 45.6 Å². The summed E-state index contributed by atoms with van der Waals surface area (Å²) >= 11 is 1.27. The second-order valence-corrected chi connectivity index (χ2v) is 8.05. The first-order valence-corrected chi connectivity index (χ1v) is 11.1. The van der Waals surface area contributed by atoms with E-state index >= 15 is 0 Å². The number of nitrogens with zero attached hydrogens (tertiary/aromatic N) is 3. The number of benzene rings is 2. The summed E-state index contributed by atoms with van der Waals surface area (Å²) in [5, 5.41) is 4.33. The van der Waals surface area contributed by atoms with Crippen LogP contribution in [0.3, 0.4) is 0 Å². The Morgan fingerprint density at radius 2 is 1.62 bits per heavy atom. The minimum absolute atomic E-state index is 0.232. The Balaban J connectivity index is 1.60. The van der Waals surface area contributed by atoms with Gasteiger partial charge in [0.05, 0.1) is 25.9 Å². The van der Waals surface area contributed by atoms with Gasteiger partial charge in [0.2, 0.25) is 4.96 Å². The van der Waals surface area contributed by atoms with E-state index in [4.69, 9.17) is 18.9 Å². The fraction of sp³-hybridized carbons (Fsp3) is 0.160. The van der Waals surface area contributed by atoms with Gasteiger partial charge in [-0.05, 0) is 47.5 Å². The van der Waals surface area contributed by atoms with E-state index in [0.717, 1.165) is 11.1 Å². The molecule has 0 spiro atoms. The van der Waals surface area contributed by atoms with Crippen molar-refractivity contribution in [2.45, 2.75) is 0 Å². The van der Waals surface area contributed by atoms with Crippen molar-refractivity contribution in [3.8, 4) is 23.0 Å². The van der Waals surface area contributed by atoms with Crippen LogP contribution in [0, 0.1) is 0 Å². The number of hydrogen-bond acceptors (Lipinski definition) is 8. The Kier molecular flexibility index (Phi) is 6.93. The van der Waals surface area contributed by atoms with Gasteiger partial charge in [0.15, 0.2) is 28.8 Å². The molecule has 34 heavy (non-hydrogen) atoms. The molecule has 2 aromatic heterocycles. The number of methoxy groups -OCH3 is 3. The highest BCUT2D eigenvalue weighted by Crippen LogP contribution is 2.29. The highest BCUT2D eigenvalue weighted by Gasteiger charge is 2.10. The van der Waals surface area contributed by atoms with Crippen molar-refractivity contribution in [1.82, 2.24) is 14.6 Å². The summed E-state index contributed by atoms with van der Waals surface area (Å²) in [6.45, 7) is 4.02. The Morgan fingerprint density at radius 3 is 2.32 bits per heavy atom. The topological polar surface area (TPSA) is 84.2 Å². The van der Waals surface area contributed by atoms with Crippen LogP contribution in [0.15, 0.2) is 53.8 Å². The van der Waals surface area contributed by atoms with E-state index in [2.05, 4.69) is 16.7 Å². The van der Waals surface area contributed by atoms with Crippen LogP contribution in [0.25, 0.3) is 23.2 Å². The zero-order chi connectivity index (χ0) is 24.1. The maximum absolute atomic E-state index is 12.9. The molecule has 174 valence electrons. The molecule has 0 bridgehead atoms. The Hall–Kier alpha value is -4.11. The van der Waals surface area contributed by atoms with E-state index in [1.807, 2.05) is 36.4 Å². The fourth-order valence-corrected chi connectivity index (χ4v) is 4.15. The summed E-state index contributed by atoms with van der Waals surface area (Å²) in [5.74, 6) is 2.90. The third kappa shape index (κ3) is 4.79. The molecular weight excluding hydrogens is 454 g/mol. The van der Waals surface area contributed by atoms with Crippen LogP contribution in [0.2, 0.25) is 0 Å². The van der Waals surface area contributed by atoms with Crippen molar-refractivity contribution < 1.29 is 18.9 Å². The van der Waals surface area contributed by atoms with Crippen molar-refractivity contribution >= 4 is 34.5 Å². The molecule has 9 heteroatoms. The largest absolute Gasteiger partial charge is 0.493 e. The number of ether oxygens (including phenoxy) is 4. The highest BCUT2D eigenvalue weighted by molar-refractivity contribution is 7.15. The number of hydrogen-bond donors (Lipinski definition) is 0. The lowest BCUT2D eigenvalue weighted by molar-refractivity contribution is 0.326. The van der Waals surface area contributed by atoms with Crippen LogP contribution in [0.4, 0.5) is 0 Å². The van der Waals surface area contributed by atoms with Gasteiger partial charge in [-0.2, -0.15) is 9.50 Å². The summed E-state index contributed by atoms with van der Waals surface area (Å²) in [4.78, 5) is 17.8. The molecule has 0 atom stereocenters. The van der Waals surface area contributed by atoms with Crippen LogP contribution in [0.5, 0.6) is 23.0 Å². The lowest BCUT2D eigenvalue weighted by Crippen LogP contribution is -2.23. The van der Waals surface area contributed by atoms with Crippen molar-refractivity contribution in [3.63, 3.8) is 0 Å². The smallest absolute Gasteiger partial charge is 0.291 e. The minimum Gasteiger partial charge on any atom is -0.493 e. The van der Waals surface area contributed by atoms with Gasteiger partial charge >= 0.3 is 0 Å². The molecule has 2 aromatic carbocycles. The van der Waals surface area contributed by atoms with Gasteiger partial charge in [-0.15, -0.1) is 5.10 Å². The lowest BCUT2D eigenvalue weighted by atomic mass is 10.2. The molecule has 0 aliphatic heterocycles. The molecule has 4 aromatic rings. The Morgan fingerprint density at radius 1 is 0.941 bits per heavy atom. The molecule has 0 aliphatic rings. The first-order chi connectivity index (χ1) is 16.6. The second kappa shape index (κ2) is 10.2. The predicted molar refractivity (Wildman–Crippen MR) is 133 cm³/mol. The minimum atomic E-state index is -0.232. The van der Waals surface area contributed by atoms with E-state index in [0.29, 0.717) is 44.9 Å². The average molecular weight is 478 g/mol. The molecule has 0 N–H and O–H groups in total. The van der Waals surface area contributed by atoms with Gasteiger partial charge in [0, 0.05) is 0 Å². The second-order valence-electron chi connectivity index (χ2n) is 7.04. The van der Waals surface area contributed by atoms with Crippen LogP contribution >= 0.6 is 11.3 Å². The van der Waals surface area contributed by atoms with Crippen LogP contribution in [0.1, 0.15) is 17.0 Å². The summed E-state index contributed by atoms with van der Waals surface area (Å²) in [5.41, 5.74) is 1.46. The fourth-order valence-electron chi connectivity index (χ4n) is 3.24. The van der Waals surface area contributed by atoms with Gasteiger partial charge in [0.1, 0.15) is 6.61 Å². The van der Waals surface area contributed by atoms with Crippen molar-refractivity contribution in [2.75, 3.05) is 27.9 Å². The van der Waals surface area contributed by atoms with Gasteiger partial charge in [-0.25, -0.2) is 0 Å². The summed E-state index contributed by atoms with van der Waals surface area (Å²) in [6, 6.07) is 11.0. The van der Waals surface area contributed by atoms with Crippen molar-refractivity contribution in [2.24, 2.45) is 0 Å². The Bertz CT molecular complexity index is 1470. The van der Waals surface area contributed by atoms with Gasteiger partial charge in [-0.3, -0.25) is 4.79 Å². The quantitative estimate of drug-likeness (QED) is 0.341. The van der Waals surface area contributed by atoms with Crippen LogP contribution in [-0.2, 0) is 0 Å². The zero-order valence-corrected chi connectivity index (χ0v) is 19.8. The number of fused-ring (bicyclic) bond motifs is 1. The average Bonchev–Trinajstić information content (AvgIpc) is 3.39. The van der Waals surface area contributed by atoms with Crippen molar-refractivity contribution in [3.05, 3.63) is 80.9 Å². The van der Waals surface area contributed by atoms with Gasteiger partial charge < -0.3 is 18.9 Å². The number of aromatic nitrogens is 3. The van der Waals surface area contributed by atoms with Crippen LogP contribution < -0.4 is 29.0 Å². The molecule has 8 nitrogen and oxygen atoms in total. The molecule has 0 fully saturated rings. The zero-order valence-electron chi connectivity index (χ0n) is 19.0.